The normalized spacial score (nSPS) is 21.1. The fraction of sp³-hybridized carbons (Fsp3) is 0.700. The van der Waals surface area contributed by atoms with Crippen LogP contribution < -0.4 is 0 Å². The first-order chi connectivity index (χ1) is 12.4. The minimum absolute atomic E-state index is 0.0793. The number of esters is 1. The molecule has 1 fully saturated rings. The molecule has 1 amide bonds. The second-order valence-electron chi connectivity index (χ2n) is 8.39. The van der Waals surface area contributed by atoms with Gasteiger partial charge in [-0.15, -0.1) is 0 Å². The van der Waals surface area contributed by atoms with Gasteiger partial charge in [0, 0.05) is 12.1 Å². The monoisotopic (exact) mass is 397 g/mol. The Labute approximate surface area is 164 Å². The lowest BCUT2D eigenvalue weighted by Crippen LogP contribution is -2.44. The van der Waals surface area contributed by atoms with E-state index in [4.69, 9.17) is 13.9 Å². The molecule has 1 heterocycles. The summed E-state index contributed by atoms with van der Waals surface area (Å²) < 4.78 is 16.8. The zero-order chi connectivity index (χ0) is 20.8. The number of rotatable bonds is 7. The lowest BCUT2D eigenvalue weighted by atomic mass is 10.1. The Kier molecular flexibility index (Phi) is 8.29. The van der Waals surface area contributed by atoms with Crippen LogP contribution in [0.4, 0.5) is 4.79 Å². The summed E-state index contributed by atoms with van der Waals surface area (Å²) >= 11 is 0. The SMILES string of the molecule is C=CCOC(=O)N1CC(O[Si](C)(C)C(C)(C)C)CC1C=C(C)C(=O)OCC. The van der Waals surface area contributed by atoms with Crippen LogP contribution in [0.5, 0.6) is 0 Å². The van der Waals surface area contributed by atoms with E-state index in [-0.39, 0.29) is 29.8 Å². The van der Waals surface area contributed by atoms with Crippen molar-refractivity contribution in [1.82, 2.24) is 4.90 Å². The highest BCUT2D eigenvalue weighted by Gasteiger charge is 2.43. The lowest BCUT2D eigenvalue weighted by molar-refractivity contribution is -0.138. The summed E-state index contributed by atoms with van der Waals surface area (Å²) in [6, 6.07) is -0.263. The van der Waals surface area contributed by atoms with Crippen LogP contribution in [0.25, 0.3) is 0 Å². The molecular formula is C20H35NO5Si. The molecule has 0 aromatic rings. The van der Waals surface area contributed by atoms with Crippen LogP contribution in [-0.4, -0.2) is 57.2 Å². The highest BCUT2D eigenvalue weighted by atomic mass is 28.4. The summed E-state index contributed by atoms with van der Waals surface area (Å²) in [5, 5.41) is 0.0793. The van der Waals surface area contributed by atoms with Crippen LogP contribution in [0.3, 0.4) is 0 Å². The summed E-state index contributed by atoms with van der Waals surface area (Å²) in [5.74, 6) is -0.370. The third kappa shape index (κ3) is 6.50. The first-order valence-corrected chi connectivity index (χ1v) is 12.4. The molecular weight excluding hydrogens is 362 g/mol. The molecule has 0 aliphatic carbocycles. The molecule has 0 N–H and O–H groups in total. The van der Waals surface area contributed by atoms with Crippen molar-refractivity contribution >= 4 is 20.4 Å². The summed E-state index contributed by atoms with van der Waals surface area (Å²) in [6.45, 7) is 18.9. The van der Waals surface area contributed by atoms with Crippen molar-refractivity contribution in [2.45, 2.75) is 71.3 Å². The van der Waals surface area contributed by atoms with Gasteiger partial charge in [-0.1, -0.05) is 39.5 Å². The molecule has 7 heteroatoms. The number of carbonyl (C=O) groups excluding carboxylic acids is 2. The van der Waals surface area contributed by atoms with Gasteiger partial charge >= 0.3 is 12.1 Å². The van der Waals surface area contributed by atoms with Crippen LogP contribution in [0.2, 0.25) is 18.1 Å². The van der Waals surface area contributed by atoms with Crippen LogP contribution in [0.15, 0.2) is 24.3 Å². The third-order valence-corrected chi connectivity index (χ3v) is 9.71. The van der Waals surface area contributed by atoms with Gasteiger partial charge in [0.25, 0.3) is 0 Å². The topological polar surface area (TPSA) is 65.1 Å². The van der Waals surface area contributed by atoms with E-state index in [1.807, 2.05) is 0 Å². The maximum atomic E-state index is 12.5. The molecule has 6 nitrogen and oxygen atoms in total. The molecule has 0 aromatic carbocycles. The fourth-order valence-corrected chi connectivity index (χ4v) is 4.04. The Balaban J connectivity index is 2.99. The Hall–Kier alpha value is -1.60. The highest BCUT2D eigenvalue weighted by Crippen LogP contribution is 2.39. The Bertz CT molecular complexity index is 579. The van der Waals surface area contributed by atoms with E-state index in [1.165, 1.54) is 6.08 Å². The first kappa shape index (κ1) is 23.4. The van der Waals surface area contributed by atoms with Crippen molar-refractivity contribution in [1.29, 1.82) is 0 Å². The molecule has 154 valence electrons. The second-order valence-corrected chi connectivity index (χ2v) is 13.1. The maximum Gasteiger partial charge on any atom is 0.410 e. The molecule has 0 saturated carbocycles. The van der Waals surface area contributed by atoms with Crippen molar-refractivity contribution in [3.63, 3.8) is 0 Å². The zero-order valence-corrected chi connectivity index (χ0v) is 18.8. The second kappa shape index (κ2) is 9.55. The van der Waals surface area contributed by atoms with Crippen molar-refractivity contribution in [2.75, 3.05) is 19.8 Å². The van der Waals surface area contributed by atoms with Crippen LogP contribution in [0.1, 0.15) is 41.0 Å². The predicted molar refractivity (Wildman–Crippen MR) is 109 cm³/mol. The van der Waals surface area contributed by atoms with E-state index in [1.54, 1.807) is 24.8 Å². The molecule has 2 unspecified atom stereocenters. The van der Waals surface area contributed by atoms with Crippen molar-refractivity contribution in [3.8, 4) is 0 Å². The van der Waals surface area contributed by atoms with E-state index in [9.17, 15) is 9.59 Å². The minimum Gasteiger partial charge on any atom is -0.463 e. The Morgan fingerprint density at radius 1 is 1.26 bits per heavy atom. The summed E-state index contributed by atoms with van der Waals surface area (Å²) in [4.78, 5) is 26.1. The molecule has 1 aliphatic rings. The van der Waals surface area contributed by atoms with E-state index < -0.39 is 14.4 Å². The number of hydrogen-bond donors (Lipinski definition) is 0. The molecule has 0 spiro atoms. The van der Waals surface area contributed by atoms with Crippen molar-refractivity contribution < 1.29 is 23.5 Å². The average Bonchev–Trinajstić information content (AvgIpc) is 2.93. The van der Waals surface area contributed by atoms with Crippen LogP contribution >= 0.6 is 0 Å². The van der Waals surface area contributed by atoms with Gasteiger partial charge in [0.2, 0.25) is 0 Å². The third-order valence-electron chi connectivity index (χ3n) is 5.17. The van der Waals surface area contributed by atoms with E-state index in [0.717, 1.165) is 0 Å². The van der Waals surface area contributed by atoms with Crippen LogP contribution in [0, 0.1) is 0 Å². The molecule has 1 saturated heterocycles. The lowest BCUT2D eigenvalue weighted by Gasteiger charge is -2.38. The smallest absolute Gasteiger partial charge is 0.410 e. The molecule has 1 aliphatic heterocycles. The quantitative estimate of drug-likeness (QED) is 0.278. The van der Waals surface area contributed by atoms with Gasteiger partial charge in [-0.25, -0.2) is 9.59 Å². The summed E-state index contributed by atoms with van der Waals surface area (Å²) in [7, 11) is -1.97. The predicted octanol–water partition coefficient (Wildman–Crippen LogP) is 4.28. The number of hydrogen-bond acceptors (Lipinski definition) is 5. The largest absolute Gasteiger partial charge is 0.463 e. The standard InChI is InChI=1S/C20H35NO5Si/c1-9-11-25-19(23)21-14-17(26-27(7,8)20(4,5)6)13-16(21)12-15(3)18(22)24-10-2/h9,12,16-17H,1,10-11,13-14H2,2-8H3. The molecule has 0 radical (unpaired) electrons. The van der Waals surface area contributed by atoms with Gasteiger partial charge in [0.05, 0.1) is 18.8 Å². The number of likely N-dealkylation sites (tertiary alicyclic amines) is 1. The molecule has 1 rings (SSSR count). The molecule has 2 atom stereocenters. The fourth-order valence-electron chi connectivity index (χ4n) is 2.69. The van der Waals surface area contributed by atoms with Gasteiger partial charge in [0.15, 0.2) is 8.32 Å². The van der Waals surface area contributed by atoms with Crippen LogP contribution in [-0.2, 0) is 18.7 Å². The number of amides is 1. The highest BCUT2D eigenvalue weighted by molar-refractivity contribution is 6.74. The Morgan fingerprint density at radius 3 is 2.41 bits per heavy atom. The number of ether oxygens (including phenoxy) is 2. The summed E-state index contributed by atoms with van der Waals surface area (Å²) in [6.07, 6.45) is 3.44. The van der Waals surface area contributed by atoms with E-state index in [2.05, 4.69) is 40.4 Å². The zero-order valence-electron chi connectivity index (χ0n) is 17.8. The Morgan fingerprint density at radius 2 is 1.89 bits per heavy atom. The molecule has 0 aromatic heterocycles. The van der Waals surface area contributed by atoms with Gasteiger partial charge in [0.1, 0.15) is 6.61 Å². The van der Waals surface area contributed by atoms with Gasteiger partial charge in [-0.2, -0.15) is 0 Å². The first-order valence-electron chi connectivity index (χ1n) is 9.50. The van der Waals surface area contributed by atoms with E-state index in [0.29, 0.717) is 25.1 Å². The average molecular weight is 398 g/mol. The maximum absolute atomic E-state index is 12.5. The van der Waals surface area contributed by atoms with Crippen molar-refractivity contribution in [3.05, 3.63) is 24.3 Å². The summed E-state index contributed by atoms with van der Waals surface area (Å²) in [5.41, 5.74) is 0.483. The molecule has 27 heavy (non-hydrogen) atoms. The van der Waals surface area contributed by atoms with Crippen molar-refractivity contribution in [2.24, 2.45) is 0 Å². The minimum atomic E-state index is -1.97. The van der Waals surface area contributed by atoms with E-state index >= 15 is 0 Å². The number of carbonyl (C=O) groups is 2. The van der Waals surface area contributed by atoms with Gasteiger partial charge in [-0.3, -0.25) is 4.90 Å². The number of nitrogens with zero attached hydrogens (tertiary/aromatic N) is 1. The van der Waals surface area contributed by atoms with Gasteiger partial charge in [-0.05, 0) is 38.4 Å². The molecule has 0 bridgehead atoms. The van der Waals surface area contributed by atoms with Gasteiger partial charge < -0.3 is 13.9 Å².